The summed E-state index contributed by atoms with van der Waals surface area (Å²) in [5, 5.41) is 6.26. The quantitative estimate of drug-likeness (QED) is 0.372. The summed E-state index contributed by atoms with van der Waals surface area (Å²) < 4.78 is 10.7. The lowest BCUT2D eigenvalue weighted by molar-refractivity contribution is 0.0559. The van der Waals surface area contributed by atoms with Crippen LogP contribution < -0.4 is 15.5 Å². The van der Waals surface area contributed by atoms with Crippen LogP contribution in [0.15, 0.2) is 36.4 Å². The van der Waals surface area contributed by atoms with Gasteiger partial charge in [0.1, 0.15) is 6.61 Å². The summed E-state index contributed by atoms with van der Waals surface area (Å²) in [4.78, 5) is 29.8. The van der Waals surface area contributed by atoms with Crippen molar-refractivity contribution in [2.45, 2.75) is 66.0 Å². The van der Waals surface area contributed by atoms with Crippen molar-refractivity contribution in [1.82, 2.24) is 15.5 Å². The van der Waals surface area contributed by atoms with E-state index >= 15 is 0 Å². The summed E-state index contributed by atoms with van der Waals surface area (Å²) in [5.41, 5.74) is 2.00. The summed E-state index contributed by atoms with van der Waals surface area (Å²) >= 11 is 0. The van der Waals surface area contributed by atoms with E-state index in [-0.39, 0.29) is 35.6 Å². The molecular formula is C29H45N4O4. The monoisotopic (exact) mass is 513 g/mol. The Hall–Kier alpha value is -2.74. The molecule has 37 heavy (non-hydrogen) atoms. The van der Waals surface area contributed by atoms with Crippen molar-refractivity contribution in [1.29, 1.82) is 0 Å². The Morgan fingerprint density at radius 2 is 1.89 bits per heavy atom. The van der Waals surface area contributed by atoms with Crippen molar-refractivity contribution in [2.24, 2.45) is 10.8 Å². The standard InChI is InChI=1S/C29H45N4O4/c1-22(2)19-36-14-15-37-27(35)31-24-16-28(4,5)20-29(6,17-24)21-30-26(34)33-13-12-32(18-23(33)3)25-10-8-7-9-11-25/h8-11,23-24H,1,12-21H2,2-6H3,(H,30,34)(H,31,35). The highest BCUT2D eigenvalue weighted by molar-refractivity contribution is 5.75. The lowest BCUT2D eigenvalue weighted by atomic mass is 9.62. The molecule has 2 N–H and O–H groups in total. The topological polar surface area (TPSA) is 83.1 Å². The normalized spacial score (nSPS) is 25.3. The maximum Gasteiger partial charge on any atom is 0.407 e. The van der Waals surface area contributed by atoms with Crippen LogP contribution in [0.25, 0.3) is 0 Å². The number of piperazine rings is 1. The van der Waals surface area contributed by atoms with Gasteiger partial charge in [-0.3, -0.25) is 0 Å². The van der Waals surface area contributed by atoms with Gasteiger partial charge in [0.2, 0.25) is 0 Å². The van der Waals surface area contributed by atoms with E-state index in [1.165, 1.54) is 5.69 Å². The molecular weight excluding hydrogens is 468 g/mol. The average molecular weight is 514 g/mol. The number of alkyl carbamates (subject to hydrolysis) is 1. The van der Waals surface area contributed by atoms with Crippen LogP contribution in [0.1, 0.15) is 53.9 Å². The van der Waals surface area contributed by atoms with Gasteiger partial charge in [-0.2, -0.15) is 0 Å². The van der Waals surface area contributed by atoms with E-state index in [0.29, 0.717) is 26.3 Å². The first kappa shape index (κ1) is 28.8. The van der Waals surface area contributed by atoms with Crippen molar-refractivity contribution in [3.63, 3.8) is 0 Å². The number of amides is 3. The smallest absolute Gasteiger partial charge is 0.407 e. The van der Waals surface area contributed by atoms with Gasteiger partial charge in [-0.15, -0.1) is 0 Å². The van der Waals surface area contributed by atoms with Gasteiger partial charge in [-0.1, -0.05) is 45.1 Å². The highest BCUT2D eigenvalue weighted by Gasteiger charge is 2.42. The Kier molecular flexibility index (Phi) is 9.87. The molecule has 3 atom stereocenters. The highest BCUT2D eigenvalue weighted by atomic mass is 16.6. The predicted molar refractivity (Wildman–Crippen MR) is 147 cm³/mol. The number of anilines is 1. The van der Waals surface area contributed by atoms with Gasteiger partial charge in [0.25, 0.3) is 0 Å². The molecule has 1 radical (unpaired) electrons. The van der Waals surface area contributed by atoms with Gasteiger partial charge in [0.15, 0.2) is 0 Å². The number of nitrogens with zero attached hydrogens (tertiary/aromatic N) is 2. The molecule has 1 aliphatic heterocycles. The molecule has 0 bridgehead atoms. The minimum absolute atomic E-state index is 0.0138. The van der Waals surface area contributed by atoms with Crippen LogP contribution in [0.4, 0.5) is 15.3 Å². The number of rotatable bonds is 9. The largest absolute Gasteiger partial charge is 0.447 e. The second-order valence-electron chi connectivity index (χ2n) is 12.0. The molecule has 0 aromatic heterocycles. The number of carbonyl (C=O) groups is 2. The minimum atomic E-state index is -0.420. The molecule has 8 heteroatoms. The lowest BCUT2D eigenvalue weighted by Gasteiger charge is -2.47. The Morgan fingerprint density at radius 1 is 1.16 bits per heavy atom. The minimum Gasteiger partial charge on any atom is -0.447 e. The second kappa shape index (κ2) is 12.7. The van der Waals surface area contributed by atoms with Gasteiger partial charge in [0.05, 0.1) is 13.2 Å². The number of carbonyl (C=O) groups excluding carboxylic acids is 2. The fourth-order valence-electron chi connectivity index (χ4n) is 5.99. The first-order valence-corrected chi connectivity index (χ1v) is 13.4. The molecule has 1 heterocycles. The molecule has 1 aliphatic carbocycles. The molecule has 205 valence electrons. The number of ether oxygens (including phenoxy) is 2. The van der Waals surface area contributed by atoms with Crippen molar-refractivity contribution >= 4 is 17.8 Å². The zero-order valence-corrected chi connectivity index (χ0v) is 23.3. The van der Waals surface area contributed by atoms with Crippen molar-refractivity contribution in [2.75, 3.05) is 50.9 Å². The molecule has 2 aliphatic rings. The maximum atomic E-state index is 13.2. The van der Waals surface area contributed by atoms with Crippen molar-refractivity contribution < 1.29 is 19.1 Å². The zero-order valence-electron chi connectivity index (χ0n) is 23.3. The number of benzene rings is 1. The van der Waals surface area contributed by atoms with E-state index in [2.05, 4.69) is 68.0 Å². The van der Waals surface area contributed by atoms with E-state index in [9.17, 15) is 9.59 Å². The van der Waals surface area contributed by atoms with E-state index in [1.807, 2.05) is 24.0 Å². The summed E-state index contributed by atoms with van der Waals surface area (Å²) in [5.74, 6) is 0. The van der Waals surface area contributed by atoms with Gasteiger partial charge in [-0.25, -0.2) is 9.59 Å². The predicted octanol–water partition coefficient (Wildman–Crippen LogP) is 4.61. The second-order valence-corrected chi connectivity index (χ2v) is 12.0. The van der Waals surface area contributed by atoms with E-state index in [1.54, 1.807) is 0 Å². The molecule has 1 saturated carbocycles. The van der Waals surface area contributed by atoms with Crippen LogP contribution in [0, 0.1) is 16.9 Å². The zero-order chi connectivity index (χ0) is 27.1. The summed E-state index contributed by atoms with van der Waals surface area (Å²) in [6.45, 7) is 18.3. The molecule has 3 rings (SSSR count). The van der Waals surface area contributed by atoms with Crippen LogP contribution in [0.5, 0.6) is 0 Å². The molecule has 3 unspecified atom stereocenters. The molecule has 1 saturated heterocycles. The Morgan fingerprint density at radius 3 is 2.57 bits per heavy atom. The number of hydrogen-bond donors (Lipinski definition) is 2. The van der Waals surface area contributed by atoms with Crippen LogP contribution >= 0.6 is 0 Å². The summed E-state index contributed by atoms with van der Waals surface area (Å²) in [6, 6.07) is 11.1. The molecule has 8 nitrogen and oxygen atoms in total. The van der Waals surface area contributed by atoms with Gasteiger partial charge in [0, 0.05) is 44.0 Å². The fourth-order valence-corrected chi connectivity index (χ4v) is 5.99. The van der Waals surface area contributed by atoms with Crippen LogP contribution in [0.2, 0.25) is 0 Å². The van der Waals surface area contributed by atoms with E-state index in [0.717, 1.165) is 37.9 Å². The molecule has 3 amide bonds. The summed E-state index contributed by atoms with van der Waals surface area (Å²) in [7, 11) is 0. The molecule has 2 fully saturated rings. The van der Waals surface area contributed by atoms with Crippen molar-refractivity contribution in [3.8, 4) is 0 Å². The van der Waals surface area contributed by atoms with Gasteiger partial charge >= 0.3 is 12.1 Å². The average Bonchev–Trinajstić information content (AvgIpc) is 2.81. The number of urea groups is 1. The maximum absolute atomic E-state index is 13.2. The third-order valence-electron chi connectivity index (χ3n) is 7.20. The summed E-state index contributed by atoms with van der Waals surface area (Å²) in [6.07, 6.45) is 2.20. The molecule has 1 aromatic carbocycles. The Bertz CT molecular complexity index is 922. The Balaban J connectivity index is 1.47. The SMILES string of the molecule is C=C(C)COCCOC(=O)NC1CC(C)(C)CC(C)(CNC(=O)N2CCN(c3cc[c]cc3)CC2C)C1. The third kappa shape index (κ3) is 8.95. The first-order valence-electron chi connectivity index (χ1n) is 13.4. The van der Waals surface area contributed by atoms with Crippen LogP contribution in [-0.2, 0) is 9.47 Å². The van der Waals surface area contributed by atoms with Crippen LogP contribution in [-0.4, -0.2) is 75.1 Å². The number of hydrogen-bond acceptors (Lipinski definition) is 5. The third-order valence-corrected chi connectivity index (χ3v) is 7.20. The highest BCUT2D eigenvalue weighted by Crippen LogP contribution is 2.45. The van der Waals surface area contributed by atoms with Crippen molar-refractivity contribution in [3.05, 3.63) is 42.5 Å². The van der Waals surface area contributed by atoms with E-state index < -0.39 is 6.09 Å². The van der Waals surface area contributed by atoms with Crippen LogP contribution in [0.3, 0.4) is 0 Å². The molecule has 0 spiro atoms. The van der Waals surface area contributed by atoms with E-state index in [4.69, 9.17) is 9.47 Å². The Labute approximate surface area is 222 Å². The fraction of sp³-hybridized carbons (Fsp3) is 0.655. The first-order chi connectivity index (χ1) is 17.5. The van der Waals surface area contributed by atoms with Gasteiger partial charge < -0.3 is 29.9 Å². The molecule has 1 aromatic rings. The lowest BCUT2D eigenvalue weighted by Crippen LogP contribution is -2.58. The number of nitrogens with one attached hydrogen (secondary N) is 2. The van der Waals surface area contributed by atoms with Gasteiger partial charge in [-0.05, 0) is 62.1 Å².